The van der Waals surface area contributed by atoms with E-state index in [1.165, 1.54) is 6.92 Å². The number of nitrogens with two attached hydrogens (primary N) is 1. The maximum Gasteiger partial charge on any atom is 0.303 e. The molecule has 52 valence electrons. The van der Waals surface area contributed by atoms with Gasteiger partial charge in [-0.15, -0.1) is 0 Å². The fourth-order valence-corrected chi connectivity index (χ4v) is 0.204. The van der Waals surface area contributed by atoms with Crippen molar-refractivity contribution in [2.45, 2.75) is 6.92 Å². The van der Waals surface area contributed by atoms with Gasteiger partial charge in [-0.05, 0) is 0 Å². The quantitative estimate of drug-likeness (QED) is 0.171. The van der Waals surface area contributed by atoms with E-state index in [4.69, 9.17) is 10.9 Å². The minimum atomic E-state index is -0.457. The molecule has 0 fully saturated rings. The summed E-state index contributed by atoms with van der Waals surface area (Å²) in [6.07, 6.45) is 0. The number of oxime groups is 1. The molecule has 0 aliphatic heterocycles. The maximum absolute atomic E-state index is 10.0. The smallest absolute Gasteiger partial charge is 0.303 e. The third-order valence-corrected chi connectivity index (χ3v) is 0.552. The Morgan fingerprint density at radius 1 is 1.89 bits per heavy atom. The lowest BCUT2D eigenvalue weighted by molar-refractivity contribution is -0.139. The molecule has 0 amide bonds. The molecule has 0 unspecified atom stereocenters. The van der Waals surface area contributed by atoms with Gasteiger partial charge in [0.2, 0.25) is 0 Å². The van der Waals surface area contributed by atoms with Crippen LogP contribution in [0.25, 0.3) is 0 Å². The molecule has 5 heteroatoms. The van der Waals surface area contributed by atoms with E-state index < -0.39 is 5.97 Å². The normalized spacial score (nSPS) is 11.0. The number of esters is 1. The molecule has 0 spiro atoms. The first kappa shape index (κ1) is 7.74. The van der Waals surface area contributed by atoms with Crippen molar-refractivity contribution in [3.05, 3.63) is 0 Å². The molecule has 0 aromatic carbocycles. The van der Waals surface area contributed by atoms with Crippen LogP contribution in [-0.2, 0) is 9.53 Å². The van der Waals surface area contributed by atoms with E-state index in [1.807, 2.05) is 0 Å². The number of ether oxygens (including phenoxy) is 1. The fourth-order valence-electron chi connectivity index (χ4n) is 0.204. The number of hydrogen-bond acceptors (Lipinski definition) is 4. The summed E-state index contributed by atoms with van der Waals surface area (Å²) < 4.78 is 4.34. The van der Waals surface area contributed by atoms with Gasteiger partial charge in [0.1, 0.15) is 0 Å². The molecule has 0 atom stereocenters. The van der Waals surface area contributed by atoms with Gasteiger partial charge < -0.3 is 15.7 Å². The predicted octanol–water partition coefficient (Wildman–Crippen LogP) is -0.704. The molecule has 0 rings (SSSR count). The van der Waals surface area contributed by atoms with E-state index >= 15 is 0 Å². The maximum atomic E-state index is 10.0. The van der Waals surface area contributed by atoms with Crippen molar-refractivity contribution in [1.29, 1.82) is 0 Å². The monoisotopic (exact) mass is 132 g/mol. The molecule has 9 heavy (non-hydrogen) atoms. The van der Waals surface area contributed by atoms with Crippen LogP contribution < -0.4 is 5.73 Å². The number of carbonyl (C=O) groups is 1. The standard InChI is InChI=1S/C4H8N2O3/c1-3(7)9-2-4(5)6-8/h8H,2H2,1H3,(H2,5,6). The van der Waals surface area contributed by atoms with Crippen LogP contribution >= 0.6 is 0 Å². The SMILES string of the molecule is CC(=O)OCC(N)=NO. The van der Waals surface area contributed by atoms with Crippen molar-refractivity contribution in [2.75, 3.05) is 6.61 Å². The highest BCUT2D eigenvalue weighted by molar-refractivity contribution is 5.82. The summed E-state index contributed by atoms with van der Waals surface area (Å²) in [4.78, 5) is 10.0. The lowest BCUT2D eigenvalue weighted by Gasteiger charge is -1.96. The highest BCUT2D eigenvalue weighted by Crippen LogP contribution is 1.74. The Bertz CT molecular complexity index is 132. The zero-order valence-corrected chi connectivity index (χ0v) is 5.00. The molecule has 0 heterocycles. The van der Waals surface area contributed by atoms with Crippen LogP contribution in [0.4, 0.5) is 0 Å². The first-order valence-electron chi connectivity index (χ1n) is 2.26. The second-order valence-corrected chi connectivity index (χ2v) is 1.37. The van der Waals surface area contributed by atoms with Gasteiger partial charge in [-0.1, -0.05) is 5.16 Å². The van der Waals surface area contributed by atoms with Crippen molar-refractivity contribution in [3.8, 4) is 0 Å². The lowest BCUT2D eigenvalue weighted by Crippen LogP contribution is -2.20. The van der Waals surface area contributed by atoms with E-state index in [1.54, 1.807) is 0 Å². The molecule has 0 aliphatic rings. The van der Waals surface area contributed by atoms with Crippen LogP contribution in [0, 0.1) is 0 Å². The highest BCUT2D eigenvalue weighted by Gasteiger charge is 1.94. The number of nitrogens with zero attached hydrogens (tertiary/aromatic N) is 1. The Morgan fingerprint density at radius 3 is 2.78 bits per heavy atom. The van der Waals surface area contributed by atoms with Crippen LogP contribution in [0.15, 0.2) is 5.16 Å². The minimum absolute atomic E-state index is 0.120. The zero-order valence-electron chi connectivity index (χ0n) is 5.00. The van der Waals surface area contributed by atoms with Crippen molar-refractivity contribution >= 4 is 11.8 Å². The molecule has 0 aromatic rings. The van der Waals surface area contributed by atoms with E-state index in [9.17, 15) is 4.79 Å². The summed E-state index contributed by atoms with van der Waals surface area (Å²) >= 11 is 0. The van der Waals surface area contributed by atoms with E-state index in [-0.39, 0.29) is 12.4 Å². The molecular formula is C4H8N2O3. The van der Waals surface area contributed by atoms with Crippen molar-refractivity contribution in [1.82, 2.24) is 0 Å². The van der Waals surface area contributed by atoms with Crippen molar-refractivity contribution < 1.29 is 14.7 Å². The van der Waals surface area contributed by atoms with Gasteiger partial charge >= 0.3 is 5.97 Å². The number of rotatable bonds is 2. The molecule has 0 saturated carbocycles. The van der Waals surface area contributed by atoms with Crippen LogP contribution in [0.2, 0.25) is 0 Å². The highest BCUT2D eigenvalue weighted by atomic mass is 16.5. The first-order chi connectivity index (χ1) is 4.16. The second kappa shape index (κ2) is 3.71. The summed E-state index contributed by atoms with van der Waals surface area (Å²) in [6, 6.07) is 0. The van der Waals surface area contributed by atoms with Gasteiger partial charge in [0.15, 0.2) is 12.4 Å². The Labute approximate surface area is 52.1 Å². The molecule has 0 bridgehead atoms. The molecule has 0 radical (unpaired) electrons. The molecule has 0 saturated heterocycles. The Hall–Kier alpha value is -1.26. The number of carbonyl (C=O) groups excluding carboxylic acids is 1. The molecule has 5 nitrogen and oxygen atoms in total. The van der Waals surface area contributed by atoms with E-state index in [2.05, 4.69) is 9.89 Å². The third kappa shape index (κ3) is 4.60. The molecule has 0 aliphatic carbocycles. The Kier molecular flexibility index (Phi) is 3.19. The summed E-state index contributed by atoms with van der Waals surface area (Å²) in [5.74, 6) is -0.577. The molecule has 0 aromatic heterocycles. The van der Waals surface area contributed by atoms with Gasteiger partial charge in [-0.25, -0.2) is 0 Å². The fraction of sp³-hybridized carbons (Fsp3) is 0.500. The average molecular weight is 132 g/mol. The van der Waals surface area contributed by atoms with Crippen molar-refractivity contribution in [3.63, 3.8) is 0 Å². The Morgan fingerprint density at radius 2 is 2.44 bits per heavy atom. The van der Waals surface area contributed by atoms with Crippen LogP contribution in [0.3, 0.4) is 0 Å². The van der Waals surface area contributed by atoms with Gasteiger partial charge in [0.05, 0.1) is 0 Å². The molecule has 3 N–H and O–H groups in total. The largest absolute Gasteiger partial charge is 0.458 e. The number of amidine groups is 1. The van der Waals surface area contributed by atoms with Crippen LogP contribution in [-0.4, -0.2) is 23.6 Å². The zero-order chi connectivity index (χ0) is 7.28. The van der Waals surface area contributed by atoms with Crippen molar-refractivity contribution in [2.24, 2.45) is 10.9 Å². The minimum Gasteiger partial charge on any atom is -0.458 e. The summed E-state index contributed by atoms with van der Waals surface area (Å²) in [5, 5.41) is 10.5. The van der Waals surface area contributed by atoms with E-state index in [0.29, 0.717) is 0 Å². The summed E-state index contributed by atoms with van der Waals surface area (Å²) in [5.41, 5.74) is 4.94. The van der Waals surface area contributed by atoms with Gasteiger partial charge in [-0.2, -0.15) is 0 Å². The first-order valence-corrected chi connectivity index (χ1v) is 2.26. The summed E-state index contributed by atoms with van der Waals surface area (Å²) in [7, 11) is 0. The molecular weight excluding hydrogens is 124 g/mol. The predicted molar refractivity (Wildman–Crippen MR) is 30.0 cm³/mol. The van der Waals surface area contributed by atoms with Gasteiger partial charge in [0.25, 0.3) is 0 Å². The Balaban J connectivity index is 3.39. The topological polar surface area (TPSA) is 84.9 Å². The third-order valence-electron chi connectivity index (χ3n) is 0.552. The van der Waals surface area contributed by atoms with Gasteiger partial charge in [-0.3, -0.25) is 4.79 Å². The van der Waals surface area contributed by atoms with Crippen LogP contribution in [0.5, 0.6) is 0 Å². The number of hydrogen-bond donors (Lipinski definition) is 2. The lowest BCUT2D eigenvalue weighted by atomic mass is 10.6. The van der Waals surface area contributed by atoms with Gasteiger partial charge in [0, 0.05) is 6.92 Å². The summed E-state index contributed by atoms with van der Waals surface area (Å²) in [6.45, 7) is 1.08. The van der Waals surface area contributed by atoms with Crippen LogP contribution in [0.1, 0.15) is 6.92 Å². The second-order valence-electron chi connectivity index (χ2n) is 1.37. The van der Waals surface area contributed by atoms with E-state index in [0.717, 1.165) is 0 Å². The average Bonchev–Trinajstić information content (AvgIpc) is 1.83.